The maximum absolute atomic E-state index is 13.4. The average molecular weight is 503 g/mol. The van der Waals surface area contributed by atoms with E-state index < -0.39 is 17.7 Å². The molecule has 5 rings (SSSR count). The molecule has 0 bridgehead atoms. The van der Waals surface area contributed by atoms with E-state index in [-0.39, 0.29) is 5.82 Å². The first kappa shape index (κ1) is 25.0. The third-order valence-electron chi connectivity index (χ3n) is 6.56. The summed E-state index contributed by atoms with van der Waals surface area (Å²) < 4.78 is 27.4. The van der Waals surface area contributed by atoms with Gasteiger partial charge in [0.15, 0.2) is 6.10 Å². The monoisotopic (exact) mass is 502 g/mol. The number of aromatic nitrogens is 2. The van der Waals surface area contributed by atoms with Crippen LogP contribution in [0.15, 0.2) is 54.7 Å². The van der Waals surface area contributed by atoms with Crippen LogP contribution in [0.5, 0.6) is 5.75 Å². The molecular weight excluding hydrogens is 471 g/mol. The second-order valence-electron chi connectivity index (χ2n) is 10.5. The minimum absolute atomic E-state index is 0.281. The predicted octanol–water partition coefficient (Wildman–Crippen LogP) is 6.46. The van der Waals surface area contributed by atoms with Crippen LogP contribution in [0.2, 0.25) is 0 Å². The molecule has 0 unspecified atom stereocenters. The summed E-state index contributed by atoms with van der Waals surface area (Å²) in [7, 11) is 0. The smallest absolute Gasteiger partial charge is 0.337 e. The first-order valence-corrected chi connectivity index (χ1v) is 12.5. The number of nitrogens with zero attached hydrogens (tertiary/aromatic N) is 2. The Morgan fingerprint density at radius 3 is 2.65 bits per heavy atom. The van der Waals surface area contributed by atoms with Crippen molar-refractivity contribution in [3.63, 3.8) is 0 Å². The van der Waals surface area contributed by atoms with Gasteiger partial charge in [-0.05, 0) is 87.6 Å². The maximum Gasteiger partial charge on any atom is 0.337 e. The zero-order valence-electron chi connectivity index (χ0n) is 21.5. The van der Waals surface area contributed by atoms with Gasteiger partial charge in [-0.2, -0.15) is 0 Å². The fourth-order valence-corrected chi connectivity index (χ4v) is 4.98. The highest BCUT2D eigenvalue weighted by Crippen LogP contribution is 2.41. The Balaban J connectivity index is 1.73. The fourth-order valence-electron chi connectivity index (χ4n) is 4.98. The van der Waals surface area contributed by atoms with E-state index in [0.29, 0.717) is 24.4 Å². The number of carboxylic acids is 1. The van der Waals surface area contributed by atoms with E-state index in [9.17, 15) is 14.3 Å². The van der Waals surface area contributed by atoms with Crippen molar-refractivity contribution in [1.82, 2.24) is 9.55 Å². The fraction of sp³-hybridized carbons (Fsp3) is 0.333. The Labute approximate surface area is 215 Å². The summed E-state index contributed by atoms with van der Waals surface area (Å²) >= 11 is 0. The molecule has 2 aromatic carbocycles. The molecule has 4 aromatic rings. The summed E-state index contributed by atoms with van der Waals surface area (Å²) in [6.45, 7) is 8.58. The van der Waals surface area contributed by atoms with Crippen LogP contribution in [-0.2, 0) is 22.5 Å². The predicted molar refractivity (Wildman–Crippen MR) is 140 cm³/mol. The summed E-state index contributed by atoms with van der Waals surface area (Å²) in [5.41, 5.74) is 4.93. The molecule has 0 fully saturated rings. The number of aliphatic carboxylic acids is 1. The zero-order valence-corrected chi connectivity index (χ0v) is 21.5. The number of benzene rings is 2. The van der Waals surface area contributed by atoms with Crippen molar-refractivity contribution >= 4 is 17.0 Å². The molecule has 0 aliphatic carbocycles. The van der Waals surface area contributed by atoms with Crippen LogP contribution in [0.1, 0.15) is 55.7 Å². The number of carboxylic acid groups (broad SMARTS) is 1. The number of hydrogen-bond acceptors (Lipinski definition) is 4. The quantitative estimate of drug-likeness (QED) is 0.327. The molecule has 0 radical (unpaired) electrons. The van der Waals surface area contributed by atoms with Crippen LogP contribution in [0.25, 0.3) is 22.2 Å². The molecule has 3 heterocycles. The van der Waals surface area contributed by atoms with Gasteiger partial charge in [-0.3, -0.25) is 0 Å². The second-order valence-corrected chi connectivity index (χ2v) is 10.5. The number of halogens is 1. The lowest BCUT2D eigenvalue weighted by Gasteiger charge is -2.28. The summed E-state index contributed by atoms with van der Waals surface area (Å²) in [6, 6.07) is 14.4. The molecule has 0 spiro atoms. The highest BCUT2D eigenvalue weighted by molar-refractivity contribution is 5.98. The largest absolute Gasteiger partial charge is 0.493 e. The molecule has 192 valence electrons. The Hall–Kier alpha value is -3.71. The van der Waals surface area contributed by atoms with Gasteiger partial charge in [0.2, 0.25) is 0 Å². The molecule has 7 heteroatoms. The van der Waals surface area contributed by atoms with Gasteiger partial charge in [-0.15, -0.1) is 0 Å². The van der Waals surface area contributed by atoms with Crippen molar-refractivity contribution in [3.8, 4) is 16.9 Å². The van der Waals surface area contributed by atoms with Gasteiger partial charge in [0.05, 0.1) is 12.2 Å². The van der Waals surface area contributed by atoms with E-state index in [1.807, 2.05) is 56.7 Å². The molecule has 6 nitrogen and oxygen atoms in total. The molecule has 1 aliphatic heterocycles. The van der Waals surface area contributed by atoms with Crippen LogP contribution in [0.4, 0.5) is 4.39 Å². The summed E-state index contributed by atoms with van der Waals surface area (Å²) in [5.74, 6) is -0.474. The van der Waals surface area contributed by atoms with Crippen molar-refractivity contribution in [2.75, 3.05) is 6.61 Å². The number of aryl methyl sites for hydroxylation is 2. The van der Waals surface area contributed by atoms with E-state index >= 15 is 0 Å². The van der Waals surface area contributed by atoms with Crippen LogP contribution < -0.4 is 4.74 Å². The van der Waals surface area contributed by atoms with E-state index in [1.165, 1.54) is 12.1 Å². The number of hydrogen-bond donors (Lipinski definition) is 1. The van der Waals surface area contributed by atoms with Gasteiger partial charge in [0, 0.05) is 34.9 Å². The van der Waals surface area contributed by atoms with Gasteiger partial charge in [0.1, 0.15) is 17.2 Å². The minimum Gasteiger partial charge on any atom is -0.493 e. The molecule has 1 N–H and O–H groups in total. The van der Waals surface area contributed by atoms with Gasteiger partial charge >= 0.3 is 5.97 Å². The average Bonchev–Trinajstić information content (AvgIpc) is 3.24. The van der Waals surface area contributed by atoms with Crippen molar-refractivity contribution in [3.05, 3.63) is 82.9 Å². The summed E-state index contributed by atoms with van der Waals surface area (Å²) in [6.07, 6.45) is 2.58. The molecule has 0 saturated heterocycles. The number of rotatable bonds is 6. The van der Waals surface area contributed by atoms with E-state index in [4.69, 9.17) is 14.5 Å². The molecule has 1 aliphatic rings. The molecule has 0 amide bonds. The number of ether oxygens (including phenoxy) is 2. The van der Waals surface area contributed by atoms with Crippen molar-refractivity contribution < 1.29 is 23.8 Å². The number of carbonyl (C=O) groups is 1. The normalized spacial score (nSPS) is 14.3. The number of pyridine rings is 1. The van der Waals surface area contributed by atoms with Crippen LogP contribution >= 0.6 is 0 Å². The Bertz CT molecular complexity index is 1470. The summed E-state index contributed by atoms with van der Waals surface area (Å²) in [5, 5.41) is 11.1. The molecular formula is C30H31FN2O4. The van der Waals surface area contributed by atoms with E-state index in [0.717, 1.165) is 51.9 Å². The molecule has 0 saturated carbocycles. The van der Waals surface area contributed by atoms with E-state index in [1.54, 1.807) is 12.1 Å². The van der Waals surface area contributed by atoms with Gasteiger partial charge in [0.25, 0.3) is 0 Å². The van der Waals surface area contributed by atoms with Gasteiger partial charge < -0.3 is 19.1 Å². The Morgan fingerprint density at radius 1 is 1.19 bits per heavy atom. The van der Waals surface area contributed by atoms with E-state index in [2.05, 4.69) is 6.07 Å². The first-order chi connectivity index (χ1) is 17.6. The van der Waals surface area contributed by atoms with Crippen LogP contribution in [-0.4, -0.2) is 32.8 Å². The van der Waals surface area contributed by atoms with Crippen LogP contribution in [0, 0.1) is 12.7 Å². The lowest BCUT2D eigenvalue weighted by molar-refractivity contribution is -0.160. The van der Waals surface area contributed by atoms with Crippen LogP contribution in [0.3, 0.4) is 0 Å². The topological polar surface area (TPSA) is 73.6 Å². The Morgan fingerprint density at radius 2 is 1.95 bits per heavy atom. The van der Waals surface area contributed by atoms with Crippen molar-refractivity contribution in [1.29, 1.82) is 0 Å². The van der Waals surface area contributed by atoms with Crippen molar-refractivity contribution in [2.45, 2.75) is 58.8 Å². The highest BCUT2D eigenvalue weighted by Gasteiger charge is 2.33. The molecule has 37 heavy (non-hydrogen) atoms. The maximum atomic E-state index is 13.4. The lowest BCUT2D eigenvalue weighted by atomic mass is 9.90. The molecule has 1 atom stereocenters. The SMILES string of the molecule is Cc1nc2c(ccn2Cc2ccc(F)cc2)c(-c2ccc3c(c2)CCCO3)c1[C@@H](OC(C)(C)C)C(=O)O. The summed E-state index contributed by atoms with van der Waals surface area (Å²) in [4.78, 5) is 17.4. The Kier molecular flexibility index (Phi) is 6.50. The third-order valence-corrected chi connectivity index (χ3v) is 6.56. The first-order valence-electron chi connectivity index (χ1n) is 12.5. The van der Waals surface area contributed by atoms with Gasteiger partial charge in [-0.25, -0.2) is 14.2 Å². The lowest BCUT2D eigenvalue weighted by Crippen LogP contribution is -2.28. The zero-order chi connectivity index (χ0) is 26.3. The van der Waals surface area contributed by atoms with Crippen molar-refractivity contribution in [2.24, 2.45) is 0 Å². The molecule has 2 aromatic heterocycles. The second kappa shape index (κ2) is 9.63. The van der Waals surface area contributed by atoms with Gasteiger partial charge in [-0.1, -0.05) is 18.2 Å². The highest BCUT2D eigenvalue weighted by atomic mass is 19.1. The number of fused-ring (bicyclic) bond motifs is 2. The minimum atomic E-state index is -1.19. The third kappa shape index (κ3) is 5.09. The standard InChI is InChI=1S/C30H31FN2O4/c1-18-25(27(29(34)35)37-30(2,3)4)26(21-9-12-24-20(16-21)6-5-15-36-24)23-13-14-33(28(23)32-18)17-19-7-10-22(31)11-8-19/h7-14,16,27H,5-6,15,17H2,1-4H3,(H,34,35)/t27-/m1/s1.